The molecular weight excluding hydrogens is 797 g/mol. The van der Waals surface area contributed by atoms with Crippen LogP contribution in [0.4, 0.5) is 9.59 Å². The maximum absolute atomic E-state index is 14.2. The number of alkyl carbamates (subject to hydrolysis) is 2. The smallest absolute Gasteiger partial charge is 0.407 e. The zero-order valence-corrected chi connectivity index (χ0v) is 35.9. The highest BCUT2D eigenvalue weighted by Crippen LogP contribution is 2.58. The van der Waals surface area contributed by atoms with Gasteiger partial charge in [0, 0.05) is 18.7 Å². The Morgan fingerprint density at radius 3 is 1.94 bits per heavy atom. The lowest BCUT2D eigenvalue weighted by molar-refractivity contribution is -0.136. The summed E-state index contributed by atoms with van der Waals surface area (Å²) >= 11 is 0. The lowest BCUT2D eigenvalue weighted by Gasteiger charge is -2.30. The summed E-state index contributed by atoms with van der Waals surface area (Å²) in [6.45, 7) is 5.02. The number of nitrogens with zero attached hydrogens (tertiary/aromatic N) is 4. The van der Waals surface area contributed by atoms with E-state index >= 15 is 0 Å². The molecule has 4 heterocycles. The molecule has 2 aromatic heterocycles. The molecule has 0 unspecified atom stereocenters. The van der Waals surface area contributed by atoms with Crippen LogP contribution in [0.1, 0.15) is 81.3 Å². The first-order chi connectivity index (χ1) is 30.5. The van der Waals surface area contributed by atoms with Crippen LogP contribution in [-0.2, 0) is 19.1 Å². The number of rotatable bonds is 11. The summed E-state index contributed by atoms with van der Waals surface area (Å²) in [7, 11) is 2.59. The molecule has 1 spiro atoms. The van der Waals surface area contributed by atoms with Gasteiger partial charge in [-0.2, -0.15) is 0 Å². The maximum atomic E-state index is 14.2. The van der Waals surface area contributed by atoms with Crippen molar-refractivity contribution >= 4 is 34.8 Å². The lowest BCUT2D eigenvalue weighted by atomic mass is 9.98. The van der Waals surface area contributed by atoms with Gasteiger partial charge in [0.05, 0.1) is 50.1 Å². The fraction of sp³-hybridized carbons (Fsp3) is 0.347. The fourth-order valence-electron chi connectivity index (χ4n) is 9.28. The van der Waals surface area contributed by atoms with E-state index in [2.05, 4.69) is 81.3 Å². The molecule has 2 aliphatic heterocycles. The Hall–Kier alpha value is -6.96. The molecule has 4 amide bonds. The van der Waals surface area contributed by atoms with Crippen LogP contribution in [0, 0.1) is 11.3 Å². The Bertz CT molecular complexity index is 2650. The van der Waals surface area contributed by atoms with Crippen molar-refractivity contribution in [1.82, 2.24) is 40.4 Å². The van der Waals surface area contributed by atoms with Gasteiger partial charge < -0.3 is 39.9 Å². The van der Waals surface area contributed by atoms with Crippen LogP contribution in [0.3, 0.4) is 0 Å². The first-order valence-electron chi connectivity index (χ1n) is 21.6. The van der Waals surface area contributed by atoms with Gasteiger partial charge >= 0.3 is 12.2 Å². The van der Waals surface area contributed by atoms with Gasteiger partial charge in [-0.25, -0.2) is 19.6 Å². The molecule has 14 nitrogen and oxygen atoms in total. The van der Waals surface area contributed by atoms with Crippen LogP contribution in [0.15, 0.2) is 103 Å². The van der Waals surface area contributed by atoms with Gasteiger partial charge in [-0.1, -0.05) is 92.7 Å². The number of H-pyrrole nitrogens is 2. The number of ether oxygens (including phenoxy) is 2. The summed E-state index contributed by atoms with van der Waals surface area (Å²) in [6.07, 6.45) is 6.94. The van der Waals surface area contributed by atoms with E-state index in [1.807, 2.05) is 66.4 Å². The molecule has 14 heteroatoms. The van der Waals surface area contributed by atoms with Crippen molar-refractivity contribution in [2.24, 2.45) is 11.3 Å². The minimum Gasteiger partial charge on any atom is -0.453 e. The second kappa shape index (κ2) is 17.1. The Kier molecular flexibility index (Phi) is 11.2. The molecule has 324 valence electrons. The van der Waals surface area contributed by atoms with E-state index in [0.717, 1.165) is 88.2 Å². The molecular formula is C49H52N8O6. The van der Waals surface area contributed by atoms with Crippen LogP contribution < -0.4 is 10.6 Å². The highest BCUT2D eigenvalue weighted by Gasteiger charge is 2.55. The first kappa shape index (κ1) is 41.4. The summed E-state index contributed by atoms with van der Waals surface area (Å²) in [6, 6.07) is 28.4. The summed E-state index contributed by atoms with van der Waals surface area (Å²) in [4.78, 5) is 72.5. The maximum Gasteiger partial charge on any atom is 0.407 e. The van der Waals surface area contributed by atoms with E-state index in [1.165, 1.54) is 14.2 Å². The van der Waals surface area contributed by atoms with Crippen molar-refractivity contribution in [3.8, 4) is 33.6 Å². The summed E-state index contributed by atoms with van der Waals surface area (Å²) in [5.41, 5.74) is 6.65. The van der Waals surface area contributed by atoms with Gasteiger partial charge in [-0.15, -0.1) is 0 Å². The van der Waals surface area contributed by atoms with Crippen molar-refractivity contribution in [1.29, 1.82) is 0 Å². The average molecular weight is 849 g/mol. The second-order valence-electron chi connectivity index (χ2n) is 17.4. The van der Waals surface area contributed by atoms with Gasteiger partial charge in [0.1, 0.15) is 23.7 Å². The van der Waals surface area contributed by atoms with Crippen LogP contribution >= 0.6 is 0 Å². The van der Waals surface area contributed by atoms with E-state index in [0.29, 0.717) is 18.7 Å². The average Bonchev–Trinajstić information content (AvgIpc) is 3.85. The molecule has 2 saturated heterocycles. The first-order valence-corrected chi connectivity index (χ1v) is 21.6. The normalized spacial score (nSPS) is 18.7. The molecule has 0 bridgehead atoms. The number of nitrogens with one attached hydrogen (secondary N) is 4. The van der Waals surface area contributed by atoms with Crippen molar-refractivity contribution in [2.45, 2.75) is 70.1 Å². The molecule has 63 heavy (non-hydrogen) atoms. The molecule has 9 rings (SSSR count). The third kappa shape index (κ3) is 8.37. The number of carbonyl (C=O) groups is 4. The predicted molar refractivity (Wildman–Crippen MR) is 238 cm³/mol. The van der Waals surface area contributed by atoms with Crippen LogP contribution in [0.2, 0.25) is 0 Å². The molecule has 4 aromatic carbocycles. The van der Waals surface area contributed by atoms with Crippen molar-refractivity contribution in [3.05, 3.63) is 121 Å². The second-order valence-corrected chi connectivity index (χ2v) is 17.4. The number of aromatic amines is 2. The van der Waals surface area contributed by atoms with Crippen LogP contribution in [0.5, 0.6) is 0 Å². The number of likely N-dealkylation sites (tertiary alicyclic amines) is 2. The monoisotopic (exact) mass is 848 g/mol. The fourth-order valence-corrected chi connectivity index (χ4v) is 9.28. The third-order valence-corrected chi connectivity index (χ3v) is 13.0. The van der Waals surface area contributed by atoms with Crippen molar-refractivity contribution in [2.75, 3.05) is 27.3 Å². The minimum absolute atomic E-state index is 0.0803. The highest BCUT2D eigenvalue weighted by molar-refractivity contribution is 5.91. The quantitative estimate of drug-likeness (QED) is 0.100. The van der Waals surface area contributed by atoms with Crippen molar-refractivity contribution in [3.63, 3.8) is 0 Å². The van der Waals surface area contributed by atoms with Crippen LogP contribution in [-0.4, -0.2) is 87.1 Å². The van der Waals surface area contributed by atoms with E-state index in [-0.39, 0.29) is 35.2 Å². The molecule has 4 atom stereocenters. The standard InChI is InChI=1S/C49H52N8O6/c1-29(2)41(54-47(60)62-3)45(58)56-22-8-11-39(56)43-50-27-38(53-43)36-19-18-34-23-33(16-17-35(34)24-36)30-12-14-31(15-13-30)37-26-51-44(52-37)40-25-49(20-21-49)28-57(40)46(59)42(55-48(61)63-4)32-9-6-5-7-10-32/h5-7,9-10,12-19,23-24,26-27,29,39-42H,8,11,20-22,25,28H2,1-4H3,(H,50,53)(H,51,52)(H,54,60)(H,55,61)/t39-,40-,41-,42-/m0/s1. The van der Waals surface area contributed by atoms with E-state index in [1.54, 1.807) is 0 Å². The number of aromatic nitrogens is 4. The lowest BCUT2D eigenvalue weighted by Crippen LogP contribution is -2.51. The zero-order valence-electron chi connectivity index (χ0n) is 35.9. The van der Waals surface area contributed by atoms with Crippen molar-refractivity contribution < 1.29 is 28.7 Å². The Balaban J connectivity index is 0.886. The van der Waals surface area contributed by atoms with Gasteiger partial charge in [0.2, 0.25) is 5.91 Å². The van der Waals surface area contributed by atoms with E-state index in [9.17, 15) is 19.2 Å². The number of carbonyl (C=O) groups excluding carboxylic acids is 4. The number of hydrogen-bond donors (Lipinski definition) is 4. The summed E-state index contributed by atoms with van der Waals surface area (Å²) in [5.74, 6) is 1.03. The third-order valence-electron chi connectivity index (χ3n) is 13.0. The number of benzene rings is 4. The summed E-state index contributed by atoms with van der Waals surface area (Å²) < 4.78 is 9.66. The van der Waals surface area contributed by atoms with Crippen LogP contribution in [0.25, 0.3) is 44.4 Å². The molecule has 1 aliphatic carbocycles. The summed E-state index contributed by atoms with van der Waals surface area (Å²) in [5, 5.41) is 7.66. The highest BCUT2D eigenvalue weighted by atomic mass is 16.5. The molecule has 6 aromatic rings. The van der Waals surface area contributed by atoms with Gasteiger partial charge in [-0.3, -0.25) is 9.59 Å². The molecule has 4 N–H and O–H groups in total. The molecule has 3 aliphatic rings. The minimum atomic E-state index is -0.879. The Morgan fingerprint density at radius 2 is 1.29 bits per heavy atom. The predicted octanol–water partition coefficient (Wildman–Crippen LogP) is 8.48. The van der Waals surface area contributed by atoms with E-state index < -0.39 is 24.3 Å². The number of hydrogen-bond acceptors (Lipinski definition) is 8. The largest absolute Gasteiger partial charge is 0.453 e. The Morgan fingerprint density at radius 1 is 0.698 bits per heavy atom. The zero-order chi connectivity index (χ0) is 43.8. The number of amides is 4. The molecule has 0 radical (unpaired) electrons. The Labute approximate surface area is 365 Å². The number of imidazole rings is 2. The van der Waals surface area contributed by atoms with Gasteiger partial charge in [0.25, 0.3) is 5.91 Å². The molecule has 3 fully saturated rings. The number of methoxy groups -OCH3 is 2. The topological polar surface area (TPSA) is 175 Å². The van der Waals surface area contributed by atoms with Gasteiger partial charge in [0.15, 0.2) is 0 Å². The van der Waals surface area contributed by atoms with E-state index in [4.69, 9.17) is 19.4 Å². The number of fused-ring (bicyclic) bond motifs is 1. The SMILES string of the molecule is COC(=O)N[C@H](C(=O)N1CC2(CC2)C[C@H]1c1ncc(-c2ccc(-c3ccc4cc(-c5cnc([C@@H]6CCCN6C(=O)[C@@H](NC(=O)OC)C(C)C)[nH]5)ccc4c3)cc2)[nH]1)c1ccccc1. The molecule has 1 saturated carbocycles. The van der Waals surface area contributed by atoms with Gasteiger partial charge in [-0.05, 0) is 88.6 Å².